The summed E-state index contributed by atoms with van der Waals surface area (Å²) in [5.41, 5.74) is 0.645. The Balaban J connectivity index is 1.37. The maximum atomic E-state index is 13.8. The maximum Gasteiger partial charge on any atom is 0.264 e. The molecule has 1 aromatic heterocycles. The summed E-state index contributed by atoms with van der Waals surface area (Å²) >= 11 is 0. The van der Waals surface area contributed by atoms with Gasteiger partial charge in [0.2, 0.25) is 0 Å². The Kier molecular flexibility index (Phi) is 5.85. The molecule has 2 N–H and O–H groups in total. The van der Waals surface area contributed by atoms with Gasteiger partial charge in [0, 0.05) is 36.6 Å². The van der Waals surface area contributed by atoms with E-state index in [1.54, 1.807) is 6.20 Å². The lowest BCUT2D eigenvalue weighted by Crippen LogP contribution is -2.37. The topological polar surface area (TPSA) is 91.4 Å². The Labute approximate surface area is 180 Å². The van der Waals surface area contributed by atoms with Crippen LogP contribution in [0.4, 0.5) is 15.9 Å². The van der Waals surface area contributed by atoms with Crippen LogP contribution in [0.5, 0.6) is 0 Å². The summed E-state index contributed by atoms with van der Waals surface area (Å²) in [5, 5.41) is 3.00. The monoisotopic (exact) mass is 440 g/mol. The number of aromatic nitrogens is 1. The first-order valence-corrected chi connectivity index (χ1v) is 11.2. The Morgan fingerprint density at radius 1 is 1.03 bits per heavy atom. The van der Waals surface area contributed by atoms with Gasteiger partial charge in [-0.1, -0.05) is 18.2 Å². The molecule has 1 saturated heterocycles. The van der Waals surface area contributed by atoms with Crippen LogP contribution in [0, 0.1) is 5.82 Å². The van der Waals surface area contributed by atoms with Crippen molar-refractivity contribution >= 4 is 27.4 Å². The third kappa shape index (κ3) is 4.83. The molecular weight excluding hydrogens is 419 g/mol. The number of benzene rings is 2. The van der Waals surface area contributed by atoms with Crippen LogP contribution in [0.3, 0.4) is 0 Å². The summed E-state index contributed by atoms with van der Waals surface area (Å²) in [7, 11) is -4.07. The molecule has 31 heavy (non-hydrogen) atoms. The number of rotatable bonds is 6. The molecule has 7 nitrogen and oxygen atoms in total. The van der Waals surface area contributed by atoms with Crippen LogP contribution in [0.15, 0.2) is 77.8 Å². The van der Waals surface area contributed by atoms with Crippen molar-refractivity contribution in [1.82, 2.24) is 10.3 Å². The molecule has 160 valence electrons. The van der Waals surface area contributed by atoms with Crippen molar-refractivity contribution in [3.63, 3.8) is 0 Å². The molecule has 2 aromatic carbocycles. The summed E-state index contributed by atoms with van der Waals surface area (Å²) < 4.78 is 40.9. The fraction of sp³-hybridized carbons (Fsp3) is 0.182. The number of amides is 1. The average Bonchev–Trinajstić information content (AvgIpc) is 3.23. The molecule has 0 saturated carbocycles. The van der Waals surface area contributed by atoms with Gasteiger partial charge in [0.1, 0.15) is 16.5 Å². The smallest absolute Gasteiger partial charge is 0.264 e. The first-order valence-electron chi connectivity index (χ1n) is 9.77. The highest BCUT2D eigenvalue weighted by Gasteiger charge is 2.25. The SMILES string of the molecule is O=C(NC1CCN(c2ccccn2)C1)c1ccc(NS(=O)(=O)c2ccccc2F)cc1. The summed E-state index contributed by atoms with van der Waals surface area (Å²) in [4.78, 5) is 18.6. The number of pyridine rings is 1. The van der Waals surface area contributed by atoms with Gasteiger partial charge in [0.15, 0.2) is 0 Å². The van der Waals surface area contributed by atoms with Crippen LogP contribution in [-0.2, 0) is 10.0 Å². The number of halogens is 1. The first-order chi connectivity index (χ1) is 14.9. The van der Waals surface area contributed by atoms with Gasteiger partial charge in [-0.15, -0.1) is 0 Å². The van der Waals surface area contributed by atoms with E-state index < -0.39 is 20.7 Å². The van der Waals surface area contributed by atoms with Gasteiger partial charge in [-0.25, -0.2) is 17.8 Å². The summed E-state index contributed by atoms with van der Waals surface area (Å²) in [5.74, 6) is -0.190. The van der Waals surface area contributed by atoms with E-state index in [0.717, 1.165) is 24.8 Å². The molecule has 0 aliphatic carbocycles. The molecule has 1 atom stereocenters. The maximum absolute atomic E-state index is 13.8. The van der Waals surface area contributed by atoms with E-state index in [4.69, 9.17) is 0 Å². The number of nitrogens with one attached hydrogen (secondary N) is 2. The van der Waals surface area contributed by atoms with Gasteiger partial charge >= 0.3 is 0 Å². The minimum atomic E-state index is -4.07. The van der Waals surface area contributed by atoms with Gasteiger partial charge < -0.3 is 10.2 Å². The van der Waals surface area contributed by atoms with Crippen molar-refractivity contribution in [2.45, 2.75) is 17.4 Å². The summed E-state index contributed by atoms with van der Waals surface area (Å²) in [6.45, 7) is 1.47. The van der Waals surface area contributed by atoms with E-state index >= 15 is 0 Å². The number of hydrogen-bond acceptors (Lipinski definition) is 5. The van der Waals surface area contributed by atoms with Gasteiger partial charge in [-0.3, -0.25) is 9.52 Å². The van der Waals surface area contributed by atoms with Crippen LogP contribution < -0.4 is 14.9 Å². The van der Waals surface area contributed by atoms with Crippen molar-refractivity contribution in [3.05, 3.63) is 84.3 Å². The van der Waals surface area contributed by atoms with Crippen molar-refractivity contribution in [1.29, 1.82) is 0 Å². The van der Waals surface area contributed by atoms with E-state index in [-0.39, 0.29) is 17.6 Å². The van der Waals surface area contributed by atoms with Crippen LogP contribution in [0.25, 0.3) is 0 Å². The Bertz CT molecular complexity index is 1170. The predicted octanol–water partition coefficient (Wildman–Crippen LogP) is 3.03. The van der Waals surface area contributed by atoms with Crippen LogP contribution in [-0.4, -0.2) is 38.4 Å². The van der Waals surface area contributed by atoms with Crippen molar-refractivity contribution < 1.29 is 17.6 Å². The lowest BCUT2D eigenvalue weighted by atomic mass is 10.1. The standard InChI is InChI=1S/C22H21FN4O3S/c23-19-5-1-2-6-20(19)31(29,30)26-17-10-8-16(9-11-17)22(28)25-18-12-14-27(15-18)21-7-3-4-13-24-21/h1-11,13,18,26H,12,14-15H2,(H,25,28). The van der Waals surface area contributed by atoms with Crippen LogP contribution in [0.2, 0.25) is 0 Å². The Hall–Kier alpha value is -3.46. The molecule has 1 amide bonds. The van der Waals surface area contributed by atoms with E-state index in [1.807, 2.05) is 18.2 Å². The fourth-order valence-electron chi connectivity index (χ4n) is 3.46. The van der Waals surface area contributed by atoms with Crippen LogP contribution in [0.1, 0.15) is 16.8 Å². The van der Waals surface area contributed by atoms with Crippen molar-refractivity contribution in [2.24, 2.45) is 0 Å². The minimum absolute atomic E-state index is 0.00580. The summed E-state index contributed by atoms with van der Waals surface area (Å²) in [6.07, 6.45) is 2.55. The predicted molar refractivity (Wildman–Crippen MR) is 116 cm³/mol. The average molecular weight is 441 g/mol. The highest BCUT2D eigenvalue weighted by molar-refractivity contribution is 7.92. The third-order valence-electron chi connectivity index (χ3n) is 5.02. The lowest BCUT2D eigenvalue weighted by molar-refractivity contribution is 0.0940. The number of carbonyl (C=O) groups is 1. The van der Waals surface area contributed by atoms with E-state index in [0.29, 0.717) is 12.1 Å². The first kappa shape index (κ1) is 20.8. The largest absolute Gasteiger partial charge is 0.354 e. The third-order valence-corrected chi connectivity index (χ3v) is 6.44. The molecule has 0 spiro atoms. The molecule has 0 bridgehead atoms. The zero-order valence-corrected chi connectivity index (χ0v) is 17.3. The van der Waals surface area contributed by atoms with Gasteiger partial charge in [-0.05, 0) is 55.0 Å². The number of anilines is 2. The lowest BCUT2D eigenvalue weighted by Gasteiger charge is -2.17. The second-order valence-corrected chi connectivity index (χ2v) is 8.86. The van der Waals surface area contributed by atoms with E-state index in [2.05, 4.69) is 19.9 Å². The molecule has 9 heteroatoms. The van der Waals surface area contributed by atoms with Gasteiger partial charge in [0.05, 0.1) is 0 Å². The van der Waals surface area contributed by atoms with Crippen LogP contribution >= 0.6 is 0 Å². The molecule has 1 unspecified atom stereocenters. The van der Waals surface area contributed by atoms with Crippen molar-refractivity contribution in [3.8, 4) is 0 Å². The highest BCUT2D eigenvalue weighted by atomic mass is 32.2. The second kappa shape index (κ2) is 8.73. The molecular formula is C22H21FN4O3S. The molecule has 3 aromatic rings. The molecule has 4 rings (SSSR count). The molecule has 1 fully saturated rings. The molecule has 0 radical (unpaired) electrons. The Morgan fingerprint density at radius 3 is 2.48 bits per heavy atom. The number of carbonyl (C=O) groups excluding carboxylic acids is 1. The second-order valence-electron chi connectivity index (χ2n) is 7.21. The minimum Gasteiger partial charge on any atom is -0.354 e. The number of hydrogen-bond donors (Lipinski definition) is 2. The fourth-order valence-corrected chi connectivity index (χ4v) is 4.60. The van der Waals surface area contributed by atoms with Gasteiger partial charge in [0.25, 0.3) is 15.9 Å². The zero-order chi connectivity index (χ0) is 21.8. The molecule has 1 aliphatic heterocycles. The Morgan fingerprint density at radius 2 is 1.77 bits per heavy atom. The normalized spacial score (nSPS) is 16.2. The van der Waals surface area contributed by atoms with Crippen molar-refractivity contribution in [2.75, 3.05) is 22.7 Å². The number of sulfonamides is 1. The highest BCUT2D eigenvalue weighted by Crippen LogP contribution is 2.20. The molecule has 1 aliphatic rings. The summed E-state index contributed by atoms with van der Waals surface area (Å²) in [6, 6.07) is 16.9. The van der Waals surface area contributed by atoms with E-state index in [1.165, 1.54) is 42.5 Å². The quantitative estimate of drug-likeness (QED) is 0.615. The van der Waals surface area contributed by atoms with Gasteiger partial charge in [-0.2, -0.15) is 0 Å². The molecule has 2 heterocycles. The van der Waals surface area contributed by atoms with E-state index in [9.17, 15) is 17.6 Å². The zero-order valence-electron chi connectivity index (χ0n) is 16.5. The number of nitrogens with zero attached hydrogens (tertiary/aromatic N) is 2.